The van der Waals surface area contributed by atoms with E-state index >= 15 is 0 Å². The van der Waals surface area contributed by atoms with Gasteiger partial charge in [-0.15, -0.1) is 0 Å². The van der Waals surface area contributed by atoms with Crippen molar-refractivity contribution < 1.29 is 0 Å². The Morgan fingerprint density at radius 2 is 1.91 bits per heavy atom. The molecule has 0 bridgehead atoms. The number of fused-ring (bicyclic) bond motifs is 1. The van der Waals surface area contributed by atoms with Crippen molar-refractivity contribution >= 4 is 28.3 Å². The molecule has 3 nitrogen and oxygen atoms in total. The first-order chi connectivity index (χ1) is 10.7. The van der Waals surface area contributed by atoms with Gasteiger partial charge in [-0.05, 0) is 55.7 Å². The van der Waals surface area contributed by atoms with Gasteiger partial charge in [0.1, 0.15) is 5.82 Å². The van der Waals surface area contributed by atoms with Gasteiger partial charge < -0.3 is 9.88 Å². The van der Waals surface area contributed by atoms with Crippen LogP contribution in [0.1, 0.15) is 18.4 Å². The molecule has 0 amide bonds. The molecule has 1 N–H and O–H groups in total. The zero-order chi connectivity index (χ0) is 15.1. The van der Waals surface area contributed by atoms with Gasteiger partial charge >= 0.3 is 0 Å². The van der Waals surface area contributed by atoms with Crippen molar-refractivity contribution in [1.29, 1.82) is 0 Å². The van der Waals surface area contributed by atoms with Gasteiger partial charge in [0.05, 0.1) is 16.1 Å². The van der Waals surface area contributed by atoms with E-state index < -0.39 is 0 Å². The van der Waals surface area contributed by atoms with Crippen molar-refractivity contribution in [2.24, 2.45) is 0 Å². The third-order valence-electron chi connectivity index (χ3n) is 4.31. The molecule has 4 heteroatoms. The lowest BCUT2D eigenvalue weighted by Gasteiger charge is -2.18. The Kier molecular flexibility index (Phi) is 3.30. The van der Waals surface area contributed by atoms with Crippen molar-refractivity contribution in [3.8, 4) is 11.4 Å². The number of imidazole rings is 1. The highest BCUT2D eigenvalue weighted by atomic mass is 35.5. The molecule has 22 heavy (non-hydrogen) atoms. The fraction of sp³-hybridized carbons (Fsp3) is 0.278. The third kappa shape index (κ3) is 2.35. The van der Waals surface area contributed by atoms with Gasteiger partial charge in [0, 0.05) is 24.3 Å². The second-order valence-corrected chi connectivity index (χ2v) is 6.37. The lowest BCUT2D eigenvalue weighted by molar-refractivity contribution is 0.949. The smallest absolute Gasteiger partial charge is 0.140 e. The highest BCUT2D eigenvalue weighted by Crippen LogP contribution is 2.32. The standard InChI is InChI=1S/C18H18ClN3/c1-12-4-7-16-17(10-12)21-18(20-16)14-11-13(5-6-15(14)19)22-8-2-3-9-22/h4-7,10-11H,2-3,8-9H2,1H3,(H,20,21). The van der Waals surface area contributed by atoms with Crippen LogP contribution in [0.5, 0.6) is 0 Å². The second-order valence-electron chi connectivity index (χ2n) is 5.96. The van der Waals surface area contributed by atoms with Crippen LogP contribution < -0.4 is 4.90 Å². The first-order valence-corrected chi connectivity index (χ1v) is 8.10. The number of aromatic nitrogens is 2. The molecule has 1 aliphatic rings. The van der Waals surface area contributed by atoms with Crippen molar-refractivity contribution in [2.75, 3.05) is 18.0 Å². The summed E-state index contributed by atoms with van der Waals surface area (Å²) < 4.78 is 0. The minimum absolute atomic E-state index is 0.735. The summed E-state index contributed by atoms with van der Waals surface area (Å²) in [5.74, 6) is 0.839. The molecule has 0 spiro atoms. The monoisotopic (exact) mass is 311 g/mol. The highest BCUT2D eigenvalue weighted by Gasteiger charge is 2.15. The Morgan fingerprint density at radius 1 is 1.09 bits per heavy atom. The zero-order valence-corrected chi connectivity index (χ0v) is 13.3. The minimum Gasteiger partial charge on any atom is -0.372 e. The van der Waals surface area contributed by atoms with Crippen molar-refractivity contribution in [3.05, 3.63) is 47.0 Å². The molecule has 0 saturated carbocycles. The Balaban J connectivity index is 1.80. The van der Waals surface area contributed by atoms with E-state index in [0.29, 0.717) is 0 Å². The predicted octanol–water partition coefficient (Wildman–Crippen LogP) is 4.79. The number of nitrogens with zero attached hydrogens (tertiary/aromatic N) is 2. The summed E-state index contributed by atoms with van der Waals surface area (Å²) in [5, 5.41) is 0.735. The van der Waals surface area contributed by atoms with Crippen LogP contribution in [0.2, 0.25) is 5.02 Å². The summed E-state index contributed by atoms with van der Waals surface area (Å²) in [6.45, 7) is 4.34. The molecular formula is C18H18ClN3. The number of halogens is 1. The number of H-pyrrole nitrogens is 1. The van der Waals surface area contributed by atoms with Crippen LogP contribution in [-0.2, 0) is 0 Å². The first-order valence-electron chi connectivity index (χ1n) is 7.72. The third-order valence-corrected chi connectivity index (χ3v) is 4.64. The van der Waals surface area contributed by atoms with E-state index in [9.17, 15) is 0 Å². The molecule has 2 aromatic carbocycles. The van der Waals surface area contributed by atoms with Gasteiger partial charge in [0.2, 0.25) is 0 Å². The Hall–Kier alpha value is -2.00. The van der Waals surface area contributed by atoms with Gasteiger partial charge in [0.25, 0.3) is 0 Å². The number of hydrogen-bond donors (Lipinski definition) is 1. The van der Waals surface area contributed by atoms with Crippen LogP contribution in [-0.4, -0.2) is 23.1 Å². The summed E-state index contributed by atoms with van der Waals surface area (Å²) in [4.78, 5) is 10.5. The highest BCUT2D eigenvalue weighted by molar-refractivity contribution is 6.33. The average molecular weight is 312 g/mol. The Morgan fingerprint density at radius 3 is 2.73 bits per heavy atom. The number of benzene rings is 2. The number of rotatable bonds is 2. The van der Waals surface area contributed by atoms with E-state index in [1.54, 1.807) is 0 Å². The molecule has 3 aromatic rings. The summed E-state index contributed by atoms with van der Waals surface area (Å²) in [7, 11) is 0. The van der Waals surface area contributed by atoms with Gasteiger partial charge in [0.15, 0.2) is 0 Å². The maximum Gasteiger partial charge on any atom is 0.140 e. The molecule has 0 radical (unpaired) electrons. The fourth-order valence-electron chi connectivity index (χ4n) is 3.12. The van der Waals surface area contributed by atoms with Crippen LogP contribution in [0.3, 0.4) is 0 Å². The maximum atomic E-state index is 6.42. The van der Waals surface area contributed by atoms with Crippen LogP contribution in [0.4, 0.5) is 5.69 Å². The van der Waals surface area contributed by atoms with Gasteiger partial charge in [-0.25, -0.2) is 4.98 Å². The molecule has 2 heterocycles. The lowest BCUT2D eigenvalue weighted by Crippen LogP contribution is -2.17. The van der Waals surface area contributed by atoms with Gasteiger partial charge in [-0.1, -0.05) is 17.7 Å². The van der Waals surface area contributed by atoms with Gasteiger partial charge in [-0.3, -0.25) is 0 Å². The van der Waals surface area contributed by atoms with E-state index in [1.807, 2.05) is 12.1 Å². The second kappa shape index (κ2) is 5.33. The molecule has 0 aliphatic carbocycles. The minimum atomic E-state index is 0.735. The van der Waals surface area contributed by atoms with E-state index in [4.69, 9.17) is 16.6 Å². The number of hydrogen-bond acceptors (Lipinski definition) is 2. The van der Waals surface area contributed by atoms with E-state index in [2.05, 4.69) is 41.1 Å². The lowest BCUT2D eigenvalue weighted by atomic mass is 10.1. The SMILES string of the molecule is Cc1ccc2nc(-c3cc(N4CCCC4)ccc3Cl)[nH]c2c1. The quantitative estimate of drug-likeness (QED) is 0.737. The van der Waals surface area contributed by atoms with Crippen LogP contribution in [0.15, 0.2) is 36.4 Å². The fourth-order valence-corrected chi connectivity index (χ4v) is 3.32. The molecule has 1 aromatic heterocycles. The summed E-state index contributed by atoms with van der Waals surface area (Å²) in [6.07, 6.45) is 2.53. The van der Waals surface area contributed by atoms with Crippen molar-refractivity contribution in [2.45, 2.75) is 19.8 Å². The maximum absolute atomic E-state index is 6.42. The molecule has 1 aliphatic heterocycles. The van der Waals surface area contributed by atoms with E-state index in [1.165, 1.54) is 24.1 Å². The molecule has 4 rings (SSSR count). The van der Waals surface area contributed by atoms with E-state index in [0.717, 1.165) is 40.5 Å². The molecule has 0 unspecified atom stereocenters. The summed E-state index contributed by atoms with van der Waals surface area (Å²) in [5.41, 5.74) is 5.45. The molecule has 0 atom stereocenters. The van der Waals surface area contributed by atoms with Crippen molar-refractivity contribution in [1.82, 2.24) is 9.97 Å². The van der Waals surface area contributed by atoms with Crippen LogP contribution >= 0.6 is 11.6 Å². The number of nitrogens with one attached hydrogen (secondary N) is 1. The number of anilines is 1. The predicted molar refractivity (Wildman–Crippen MR) is 92.7 cm³/mol. The normalized spacial score (nSPS) is 14.9. The average Bonchev–Trinajstić information content (AvgIpc) is 3.16. The largest absolute Gasteiger partial charge is 0.372 e. The van der Waals surface area contributed by atoms with Gasteiger partial charge in [-0.2, -0.15) is 0 Å². The van der Waals surface area contributed by atoms with E-state index in [-0.39, 0.29) is 0 Å². The molecule has 112 valence electrons. The topological polar surface area (TPSA) is 31.9 Å². The summed E-state index contributed by atoms with van der Waals surface area (Å²) in [6, 6.07) is 12.5. The molecule has 1 saturated heterocycles. The Bertz CT molecular complexity index is 831. The number of aryl methyl sites for hydroxylation is 1. The van der Waals surface area contributed by atoms with Crippen LogP contribution in [0, 0.1) is 6.92 Å². The molecular weight excluding hydrogens is 294 g/mol. The Labute approximate surface area is 134 Å². The zero-order valence-electron chi connectivity index (χ0n) is 12.6. The van der Waals surface area contributed by atoms with Crippen molar-refractivity contribution in [3.63, 3.8) is 0 Å². The molecule has 1 fully saturated rings. The number of aromatic amines is 1. The summed E-state index contributed by atoms with van der Waals surface area (Å²) >= 11 is 6.42. The van der Waals surface area contributed by atoms with Crippen LogP contribution in [0.25, 0.3) is 22.4 Å². The first kappa shape index (κ1) is 13.6.